The highest BCUT2D eigenvalue weighted by molar-refractivity contribution is 14.0. The van der Waals surface area contributed by atoms with Crippen LogP contribution in [-0.4, -0.2) is 31.5 Å². The number of guanidine groups is 1. The molecule has 0 spiro atoms. The highest BCUT2D eigenvalue weighted by Crippen LogP contribution is 2.25. The van der Waals surface area contributed by atoms with Crippen molar-refractivity contribution in [2.45, 2.75) is 20.4 Å². The standard InChI is InChI=1S/C22H26N4O2.HI/c1-3-23-22(25-14-13-24-21(27)17-9-5-4-6-10-17)26-15-20-16(2)18-11-7-8-12-19(18)28-20;/h4-12H,3,13-15H2,1-2H3,(H,24,27)(H2,23,25,26);1H. The van der Waals surface area contributed by atoms with Crippen LogP contribution in [-0.2, 0) is 6.54 Å². The summed E-state index contributed by atoms with van der Waals surface area (Å²) in [5, 5.41) is 10.5. The predicted octanol–water partition coefficient (Wildman–Crippen LogP) is 3.84. The molecule has 0 saturated heterocycles. The Balaban J connectivity index is 0.00000300. The van der Waals surface area contributed by atoms with Crippen molar-refractivity contribution in [1.29, 1.82) is 0 Å². The van der Waals surface area contributed by atoms with Gasteiger partial charge in [0.15, 0.2) is 5.96 Å². The van der Waals surface area contributed by atoms with Crippen LogP contribution in [0.5, 0.6) is 0 Å². The molecule has 0 unspecified atom stereocenters. The lowest BCUT2D eigenvalue weighted by molar-refractivity contribution is 0.0954. The van der Waals surface area contributed by atoms with E-state index in [1.807, 2.05) is 43.3 Å². The number of nitrogens with zero attached hydrogens (tertiary/aromatic N) is 1. The van der Waals surface area contributed by atoms with E-state index < -0.39 is 0 Å². The maximum Gasteiger partial charge on any atom is 0.251 e. The summed E-state index contributed by atoms with van der Waals surface area (Å²) < 4.78 is 5.91. The summed E-state index contributed by atoms with van der Waals surface area (Å²) >= 11 is 0. The van der Waals surface area contributed by atoms with E-state index in [9.17, 15) is 4.79 Å². The maximum atomic E-state index is 12.1. The van der Waals surface area contributed by atoms with Gasteiger partial charge in [-0.15, -0.1) is 24.0 Å². The summed E-state index contributed by atoms with van der Waals surface area (Å²) in [5.41, 5.74) is 2.65. The molecule has 7 heteroatoms. The summed E-state index contributed by atoms with van der Waals surface area (Å²) in [6.45, 7) is 6.34. The molecular formula is C22H27IN4O2. The van der Waals surface area contributed by atoms with Crippen molar-refractivity contribution >= 4 is 46.8 Å². The number of carbonyl (C=O) groups excluding carboxylic acids is 1. The lowest BCUT2D eigenvalue weighted by Crippen LogP contribution is -2.41. The number of para-hydroxylation sites is 1. The largest absolute Gasteiger partial charge is 0.459 e. The second-order valence-electron chi connectivity index (χ2n) is 6.39. The first-order valence-corrected chi connectivity index (χ1v) is 9.51. The lowest BCUT2D eigenvalue weighted by Gasteiger charge is -2.11. The van der Waals surface area contributed by atoms with Gasteiger partial charge >= 0.3 is 0 Å². The molecule has 3 N–H and O–H groups in total. The monoisotopic (exact) mass is 506 g/mol. The average molecular weight is 506 g/mol. The number of fused-ring (bicyclic) bond motifs is 1. The summed E-state index contributed by atoms with van der Waals surface area (Å²) in [5.74, 6) is 1.47. The number of nitrogens with one attached hydrogen (secondary N) is 3. The first-order valence-electron chi connectivity index (χ1n) is 9.51. The van der Waals surface area contributed by atoms with Crippen LogP contribution in [0.15, 0.2) is 64.0 Å². The predicted molar refractivity (Wildman–Crippen MR) is 128 cm³/mol. The lowest BCUT2D eigenvalue weighted by atomic mass is 10.1. The topological polar surface area (TPSA) is 78.7 Å². The summed E-state index contributed by atoms with van der Waals surface area (Å²) in [7, 11) is 0. The molecule has 0 aliphatic heterocycles. The van der Waals surface area contributed by atoms with Crippen molar-refractivity contribution in [3.8, 4) is 0 Å². The van der Waals surface area contributed by atoms with Crippen molar-refractivity contribution < 1.29 is 9.21 Å². The van der Waals surface area contributed by atoms with Crippen molar-refractivity contribution in [3.63, 3.8) is 0 Å². The molecule has 1 aromatic heterocycles. The van der Waals surface area contributed by atoms with Crippen molar-refractivity contribution in [2.75, 3.05) is 19.6 Å². The molecule has 0 fully saturated rings. The molecule has 29 heavy (non-hydrogen) atoms. The number of benzene rings is 2. The zero-order valence-corrected chi connectivity index (χ0v) is 19.0. The molecule has 2 aromatic carbocycles. The second-order valence-corrected chi connectivity index (χ2v) is 6.39. The molecule has 3 rings (SSSR count). The Kier molecular flexibility index (Phi) is 8.98. The molecule has 154 valence electrons. The van der Waals surface area contributed by atoms with E-state index in [1.165, 1.54) is 0 Å². The Morgan fingerprint density at radius 3 is 2.38 bits per heavy atom. The van der Waals surface area contributed by atoms with E-state index in [4.69, 9.17) is 4.42 Å². The third-order valence-electron chi connectivity index (χ3n) is 4.41. The Bertz CT molecular complexity index is 954. The van der Waals surface area contributed by atoms with Crippen molar-refractivity contribution in [2.24, 2.45) is 4.99 Å². The fourth-order valence-electron chi connectivity index (χ4n) is 2.92. The fraction of sp³-hybridized carbons (Fsp3) is 0.273. The minimum Gasteiger partial charge on any atom is -0.459 e. The molecule has 0 aliphatic carbocycles. The molecular weight excluding hydrogens is 479 g/mol. The van der Waals surface area contributed by atoms with Gasteiger partial charge in [0.2, 0.25) is 0 Å². The number of amides is 1. The van der Waals surface area contributed by atoms with Gasteiger partial charge in [0.05, 0.1) is 0 Å². The maximum absolute atomic E-state index is 12.1. The number of hydrogen-bond donors (Lipinski definition) is 3. The zero-order chi connectivity index (χ0) is 19.8. The molecule has 0 atom stereocenters. The van der Waals surface area contributed by atoms with E-state index in [-0.39, 0.29) is 29.9 Å². The van der Waals surface area contributed by atoms with Crippen LogP contribution < -0.4 is 16.0 Å². The van der Waals surface area contributed by atoms with Crippen LogP contribution >= 0.6 is 24.0 Å². The van der Waals surface area contributed by atoms with Gasteiger partial charge in [-0.05, 0) is 32.0 Å². The van der Waals surface area contributed by atoms with E-state index in [0.29, 0.717) is 31.2 Å². The van der Waals surface area contributed by atoms with E-state index in [1.54, 1.807) is 12.1 Å². The minimum atomic E-state index is -0.0813. The number of furan rings is 1. The van der Waals surface area contributed by atoms with Gasteiger partial charge in [-0.3, -0.25) is 4.79 Å². The van der Waals surface area contributed by atoms with Gasteiger partial charge in [-0.2, -0.15) is 0 Å². The van der Waals surface area contributed by atoms with E-state index >= 15 is 0 Å². The molecule has 0 radical (unpaired) electrons. The summed E-state index contributed by atoms with van der Waals surface area (Å²) in [6.07, 6.45) is 0. The second kappa shape index (κ2) is 11.5. The quantitative estimate of drug-likeness (QED) is 0.197. The van der Waals surface area contributed by atoms with Crippen LogP contribution in [0.25, 0.3) is 11.0 Å². The Hall–Kier alpha value is -2.55. The van der Waals surface area contributed by atoms with Gasteiger partial charge < -0.3 is 20.4 Å². The van der Waals surface area contributed by atoms with Gasteiger partial charge in [-0.25, -0.2) is 4.99 Å². The van der Waals surface area contributed by atoms with Crippen LogP contribution in [0.3, 0.4) is 0 Å². The van der Waals surface area contributed by atoms with Crippen molar-refractivity contribution in [1.82, 2.24) is 16.0 Å². The molecule has 0 aliphatic rings. The zero-order valence-electron chi connectivity index (χ0n) is 16.7. The van der Waals surface area contributed by atoms with Crippen LogP contribution in [0, 0.1) is 6.92 Å². The number of aliphatic imine (C=N–C) groups is 1. The molecule has 1 heterocycles. The van der Waals surface area contributed by atoms with Gasteiger partial charge in [-0.1, -0.05) is 36.4 Å². The number of rotatable bonds is 7. The number of halogens is 1. The Morgan fingerprint density at radius 2 is 1.66 bits per heavy atom. The molecule has 0 bridgehead atoms. The van der Waals surface area contributed by atoms with Gasteiger partial charge in [0, 0.05) is 36.1 Å². The highest BCUT2D eigenvalue weighted by atomic mass is 127. The first-order chi connectivity index (χ1) is 13.7. The Morgan fingerprint density at radius 1 is 0.966 bits per heavy atom. The van der Waals surface area contributed by atoms with Crippen LogP contribution in [0.4, 0.5) is 0 Å². The highest BCUT2D eigenvalue weighted by Gasteiger charge is 2.09. The van der Waals surface area contributed by atoms with Crippen LogP contribution in [0.2, 0.25) is 0 Å². The third-order valence-corrected chi connectivity index (χ3v) is 4.41. The molecule has 3 aromatic rings. The summed E-state index contributed by atoms with van der Waals surface area (Å²) in [4.78, 5) is 16.7. The van der Waals surface area contributed by atoms with Gasteiger partial charge in [0.25, 0.3) is 5.91 Å². The van der Waals surface area contributed by atoms with Crippen molar-refractivity contribution in [3.05, 3.63) is 71.5 Å². The van der Waals surface area contributed by atoms with Gasteiger partial charge in [0.1, 0.15) is 17.9 Å². The van der Waals surface area contributed by atoms with E-state index in [2.05, 4.69) is 33.9 Å². The smallest absolute Gasteiger partial charge is 0.251 e. The third kappa shape index (κ3) is 6.22. The molecule has 1 amide bonds. The first kappa shape index (κ1) is 22.7. The SMILES string of the molecule is CCNC(=NCc1oc2ccccc2c1C)NCCNC(=O)c1ccccc1.I. The molecule has 0 saturated carbocycles. The summed E-state index contributed by atoms with van der Waals surface area (Å²) in [6, 6.07) is 17.2. The number of carbonyl (C=O) groups is 1. The van der Waals surface area contributed by atoms with E-state index in [0.717, 1.165) is 28.8 Å². The Labute approximate surface area is 188 Å². The fourth-order valence-corrected chi connectivity index (χ4v) is 2.92. The average Bonchev–Trinajstić information content (AvgIpc) is 3.05. The van der Waals surface area contributed by atoms with Crippen LogP contribution in [0.1, 0.15) is 28.6 Å². The minimum absolute atomic E-state index is 0. The molecule has 6 nitrogen and oxygen atoms in total. The normalized spacial score (nSPS) is 11.0. The number of aryl methyl sites for hydroxylation is 1. The number of hydrogen-bond acceptors (Lipinski definition) is 3.